The summed E-state index contributed by atoms with van der Waals surface area (Å²) in [5.74, 6) is 0.0991. The van der Waals surface area contributed by atoms with E-state index in [1.807, 2.05) is 31.2 Å². The van der Waals surface area contributed by atoms with Gasteiger partial charge in [-0.05, 0) is 30.7 Å². The molecule has 1 heterocycles. The van der Waals surface area contributed by atoms with Gasteiger partial charge in [-0.25, -0.2) is 0 Å². The second-order valence-electron chi connectivity index (χ2n) is 5.44. The SMILES string of the molecule is CCC(C(=O)O)N1CCN(CCOc2ccc(Cl)cc2)CC1. The Kier molecular flexibility index (Phi) is 6.49. The van der Waals surface area contributed by atoms with Crippen LogP contribution in [-0.4, -0.2) is 66.2 Å². The van der Waals surface area contributed by atoms with Crippen LogP contribution in [0.25, 0.3) is 0 Å². The molecule has 0 aliphatic carbocycles. The number of carboxylic acid groups (broad SMARTS) is 1. The lowest BCUT2D eigenvalue weighted by Crippen LogP contribution is -2.53. The third-order valence-electron chi connectivity index (χ3n) is 4.01. The van der Waals surface area contributed by atoms with Gasteiger partial charge in [0, 0.05) is 37.7 Å². The number of rotatable bonds is 7. The number of piperazine rings is 1. The number of benzene rings is 1. The van der Waals surface area contributed by atoms with Crippen molar-refractivity contribution in [2.24, 2.45) is 0 Å². The maximum Gasteiger partial charge on any atom is 0.320 e. The molecule has 0 spiro atoms. The van der Waals surface area contributed by atoms with Crippen molar-refractivity contribution in [1.29, 1.82) is 0 Å². The topological polar surface area (TPSA) is 53.0 Å². The standard InChI is InChI=1S/C16H23ClN2O3/c1-2-15(16(20)21)19-9-7-18(8-10-19)11-12-22-14-5-3-13(17)4-6-14/h3-6,15H,2,7-12H2,1H3,(H,20,21). The van der Waals surface area contributed by atoms with Gasteiger partial charge in [-0.2, -0.15) is 0 Å². The van der Waals surface area contributed by atoms with Crippen LogP contribution >= 0.6 is 11.6 Å². The van der Waals surface area contributed by atoms with Crippen molar-refractivity contribution in [2.75, 3.05) is 39.3 Å². The van der Waals surface area contributed by atoms with Crippen LogP contribution in [0.1, 0.15) is 13.3 Å². The van der Waals surface area contributed by atoms with E-state index in [0.29, 0.717) is 18.1 Å². The molecular weight excluding hydrogens is 304 g/mol. The molecule has 0 aromatic heterocycles. The van der Waals surface area contributed by atoms with Crippen LogP contribution < -0.4 is 4.74 Å². The zero-order valence-corrected chi connectivity index (χ0v) is 13.6. The lowest BCUT2D eigenvalue weighted by Gasteiger charge is -2.37. The molecule has 1 aromatic carbocycles. The maximum absolute atomic E-state index is 11.2. The number of hydrogen-bond donors (Lipinski definition) is 1. The molecule has 1 aliphatic heterocycles. The smallest absolute Gasteiger partial charge is 0.320 e. The number of aliphatic carboxylic acids is 1. The Bertz CT molecular complexity index is 473. The summed E-state index contributed by atoms with van der Waals surface area (Å²) in [7, 11) is 0. The molecule has 2 rings (SSSR count). The van der Waals surface area contributed by atoms with Gasteiger partial charge in [0.2, 0.25) is 0 Å². The monoisotopic (exact) mass is 326 g/mol. The second kappa shape index (κ2) is 8.36. The van der Waals surface area contributed by atoms with Crippen molar-refractivity contribution in [1.82, 2.24) is 9.80 Å². The summed E-state index contributed by atoms with van der Waals surface area (Å²) in [6.45, 7) is 6.75. The Morgan fingerprint density at radius 2 is 1.91 bits per heavy atom. The van der Waals surface area contributed by atoms with Gasteiger partial charge in [-0.15, -0.1) is 0 Å². The third kappa shape index (κ3) is 4.87. The Hall–Kier alpha value is -1.30. The Morgan fingerprint density at radius 1 is 1.27 bits per heavy atom. The number of ether oxygens (including phenoxy) is 1. The summed E-state index contributed by atoms with van der Waals surface area (Å²) in [6, 6.07) is 6.99. The van der Waals surface area contributed by atoms with Crippen molar-refractivity contribution in [3.05, 3.63) is 29.3 Å². The molecule has 0 bridgehead atoms. The van der Waals surface area contributed by atoms with E-state index in [-0.39, 0.29) is 6.04 Å². The molecule has 1 N–H and O–H groups in total. The molecule has 0 saturated carbocycles. The summed E-state index contributed by atoms with van der Waals surface area (Å²) in [5.41, 5.74) is 0. The summed E-state index contributed by atoms with van der Waals surface area (Å²) in [4.78, 5) is 15.5. The van der Waals surface area contributed by atoms with Crippen molar-refractivity contribution in [2.45, 2.75) is 19.4 Å². The fraction of sp³-hybridized carbons (Fsp3) is 0.562. The molecule has 6 heteroatoms. The first kappa shape index (κ1) is 17.1. The van der Waals surface area contributed by atoms with Gasteiger partial charge in [0.25, 0.3) is 0 Å². The molecule has 1 aliphatic rings. The van der Waals surface area contributed by atoms with E-state index in [9.17, 15) is 9.90 Å². The summed E-state index contributed by atoms with van der Waals surface area (Å²) < 4.78 is 5.69. The maximum atomic E-state index is 11.2. The highest BCUT2D eigenvalue weighted by atomic mass is 35.5. The van der Waals surface area contributed by atoms with Crippen LogP contribution in [-0.2, 0) is 4.79 Å². The lowest BCUT2D eigenvalue weighted by molar-refractivity contribution is -0.144. The predicted octanol–water partition coefficient (Wildman–Crippen LogP) is 2.20. The molecule has 122 valence electrons. The van der Waals surface area contributed by atoms with Crippen LogP contribution in [0, 0.1) is 0 Å². The normalized spacial score (nSPS) is 18.1. The highest BCUT2D eigenvalue weighted by Crippen LogP contribution is 2.15. The van der Waals surface area contributed by atoms with E-state index in [2.05, 4.69) is 9.80 Å². The van der Waals surface area contributed by atoms with Crippen molar-refractivity contribution >= 4 is 17.6 Å². The molecule has 22 heavy (non-hydrogen) atoms. The second-order valence-corrected chi connectivity index (χ2v) is 5.88. The van der Waals surface area contributed by atoms with Crippen molar-refractivity contribution in [3.63, 3.8) is 0 Å². The largest absolute Gasteiger partial charge is 0.492 e. The first-order chi connectivity index (χ1) is 10.6. The number of nitrogens with zero attached hydrogens (tertiary/aromatic N) is 2. The Morgan fingerprint density at radius 3 is 2.45 bits per heavy atom. The van der Waals surface area contributed by atoms with E-state index < -0.39 is 5.97 Å². The van der Waals surface area contributed by atoms with Crippen LogP contribution in [0.3, 0.4) is 0 Å². The van der Waals surface area contributed by atoms with E-state index >= 15 is 0 Å². The first-order valence-electron chi connectivity index (χ1n) is 7.67. The zero-order valence-electron chi connectivity index (χ0n) is 12.9. The van der Waals surface area contributed by atoms with Crippen molar-refractivity contribution < 1.29 is 14.6 Å². The Balaban J connectivity index is 1.69. The number of carboxylic acids is 1. The quantitative estimate of drug-likeness (QED) is 0.832. The fourth-order valence-corrected chi connectivity index (χ4v) is 2.84. The van der Waals surface area contributed by atoms with Crippen LogP contribution in [0.2, 0.25) is 5.02 Å². The van der Waals surface area contributed by atoms with Crippen LogP contribution in [0.15, 0.2) is 24.3 Å². The summed E-state index contributed by atoms with van der Waals surface area (Å²) in [5, 5.41) is 9.89. The summed E-state index contributed by atoms with van der Waals surface area (Å²) >= 11 is 5.83. The molecule has 5 nitrogen and oxygen atoms in total. The van der Waals surface area contributed by atoms with Gasteiger partial charge < -0.3 is 9.84 Å². The number of carbonyl (C=O) groups is 1. The molecule has 1 unspecified atom stereocenters. The van der Waals surface area contributed by atoms with Gasteiger partial charge >= 0.3 is 5.97 Å². The highest BCUT2D eigenvalue weighted by molar-refractivity contribution is 6.30. The Labute approximate surface area is 136 Å². The average Bonchev–Trinajstić information content (AvgIpc) is 2.51. The van der Waals surface area contributed by atoms with Gasteiger partial charge in [-0.1, -0.05) is 18.5 Å². The minimum absolute atomic E-state index is 0.354. The van der Waals surface area contributed by atoms with Crippen LogP contribution in [0.5, 0.6) is 5.75 Å². The number of halogens is 1. The van der Waals surface area contributed by atoms with E-state index in [0.717, 1.165) is 38.5 Å². The van der Waals surface area contributed by atoms with Gasteiger partial charge in [-0.3, -0.25) is 14.6 Å². The highest BCUT2D eigenvalue weighted by Gasteiger charge is 2.27. The molecular formula is C16H23ClN2O3. The molecule has 1 aromatic rings. The fourth-order valence-electron chi connectivity index (χ4n) is 2.71. The number of hydrogen-bond acceptors (Lipinski definition) is 4. The first-order valence-corrected chi connectivity index (χ1v) is 8.05. The van der Waals surface area contributed by atoms with Crippen molar-refractivity contribution in [3.8, 4) is 5.75 Å². The van der Waals surface area contributed by atoms with E-state index in [1.54, 1.807) is 0 Å². The van der Waals surface area contributed by atoms with E-state index in [4.69, 9.17) is 16.3 Å². The summed E-state index contributed by atoms with van der Waals surface area (Å²) in [6.07, 6.45) is 0.648. The molecule has 1 atom stereocenters. The molecule has 0 amide bonds. The van der Waals surface area contributed by atoms with Gasteiger partial charge in [0.1, 0.15) is 18.4 Å². The zero-order chi connectivity index (χ0) is 15.9. The average molecular weight is 327 g/mol. The van der Waals surface area contributed by atoms with Gasteiger partial charge in [0.05, 0.1) is 0 Å². The third-order valence-corrected chi connectivity index (χ3v) is 4.26. The van der Waals surface area contributed by atoms with Crippen LogP contribution in [0.4, 0.5) is 0 Å². The van der Waals surface area contributed by atoms with Gasteiger partial charge in [0.15, 0.2) is 0 Å². The lowest BCUT2D eigenvalue weighted by atomic mass is 10.1. The predicted molar refractivity (Wildman–Crippen MR) is 86.7 cm³/mol. The molecule has 0 radical (unpaired) electrons. The molecule has 1 fully saturated rings. The minimum atomic E-state index is -0.720. The molecule has 1 saturated heterocycles. The minimum Gasteiger partial charge on any atom is -0.492 e. The van der Waals surface area contributed by atoms with E-state index in [1.165, 1.54) is 0 Å².